The first-order valence-corrected chi connectivity index (χ1v) is 5.03. The lowest BCUT2D eigenvalue weighted by molar-refractivity contribution is 1.06. The molecule has 1 aromatic carbocycles. The summed E-state index contributed by atoms with van der Waals surface area (Å²) in [6, 6.07) is 6.10. The van der Waals surface area contributed by atoms with Crippen molar-refractivity contribution in [2.24, 2.45) is 0 Å². The molecule has 0 saturated carbocycles. The van der Waals surface area contributed by atoms with Crippen molar-refractivity contribution < 1.29 is 0 Å². The lowest BCUT2D eigenvalue weighted by atomic mass is 10.2. The molecule has 0 spiro atoms. The van der Waals surface area contributed by atoms with Gasteiger partial charge in [-0.15, -0.1) is 0 Å². The summed E-state index contributed by atoms with van der Waals surface area (Å²) in [6.07, 6.45) is 3.53. The van der Waals surface area contributed by atoms with Crippen LogP contribution in [0.3, 0.4) is 0 Å². The van der Waals surface area contributed by atoms with E-state index >= 15 is 0 Å². The van der Waals surface area contributed by atoms with Gasteiger partial charge in [-0.2, -0.15) is 0 Å². The molecule has 0 amide bonds. The van der Waals surface area contributed by atoms with Gasteiger partial charge in [0.2, 0.25) is 5.95 Å². The second kappa shape index (κ2) is 3.46. The van der Waals surface area contributed by atoms with Gasteiger partial charge in [0, 0.05) is 16.9 Å². The Morgan fingerprint density at radius 2 is 2.21 bits per heavy atom. The fourth-order valence-electron chi connectivity index (χ4n) is 1.33. The van der Waals surface area contributed by atoms with Crippen LogP contribution in [0.15, 0.2) is 35.1 Å². The van der Waals surface area contributed by atoms with Crippen LogP contribution in [0, 0.1) is 6.92 Å². The van der Waals surface area contributed by atoms with Crippen molar-refractivity contribution in [2.45, 2.75) is 6.92 Å². The van der Waals surface area contributed by atoms with Crippen LogP contribution in [-0.2, 0) is 0 Å². The summed E-state index contributed by atoms with van der Waals surface area (Å²) in [5, 5.41) is 0. The summed E-state index contributed by atoms with van der Waals surface area (Å²) >= 11 is 3.48. The van der Waals surface area contributed by atoms with E-state index in [0.29, 0.717) is 5.95 Å². The van der Waals surface area contributed by atoms with E-state index in [2.05, 4.69) is 27.0 Å². The quantitative estimate of drug-likeness (QED) is 0.847. The number of rotatable bonds is 1. The highest BCUT2D eigenvalue weighted by molar-refractivity contribution is 9.10. The molecule has 1 aromatic heterocycles. The van der Waals surface area contributed by atoms with Gasteiger partial charge < -0.3 is 5.73 Å². The molecule has 2 aromatic rings. The van der Waals surface area contributed by atoms with E-state index in [4.69, 9.17) is 5.73 Å². The van der Waals surface area contributed by atoms with Crippen molar-refractivity contribution in [3.8, 4) is 5.69 Å². The molecular weight excluding hydrogens is 242 g/mol. The molecule has 0 bridgehead atoms. The smallest absolute Gasteiger partial charge is 0.204 e. The van der Waals surface area contributed by atoms with Crippen molar-refractivity contribution in [3.63, 3.8) is 0 Å². The van der Waals surface area contributed by atoms with Crippen LogP contribution < -0.4 is 5.73 Å². The first kappa shape index (κ1) is 9.27. The highest BCUT2D eigenvalue weighted by Crippen LogP contribution is 2.23. The molecule has 3 nitrogen and oxygen atoms in total. The Hall–Kier alpha value is -1.29. The number of nitrogens with zero attached hydrogens (tertiary/aromatic N) is 2. The number of imidazole rings is 1. The molecule has 0 atom stereocenters. The number of benzene rings is 1. The number of hydrogen-bond donors (Lipinski definition) is 1. The maximum absolute atomic E-state index is 5.72. The molecular formula is C10H10BrN3. The minimum absolute atomic E-state index is 0.497. The molecule has 0 saturated heterocycles. The maximum atomic E-state index is 5.72. The zero-order valence-corrected chi connectivity index (χ0v) is 9.32. The lowest BCUT2D eigenvalue weighted by Crippen LogP contribution is -2.00. The minimum Gasteiger partial charge on any atom is -0.369 e. The van der Waals surface area contributed by atoms with Crippen LogP contribution in [0.25, 0.3) is 5.69 Å². The van der Waals surface area contributed by atoms with E-state index in [1.807, 2.05) is 29.8 Å². The minimum atomic E-state index is 0.497. The number of aryl methyl sites for hydroxylation is 1. The van der Waals surface area contributed by atoms with Crippen LogP contribution in [0.4, 0.5) is 5.95 Å². The van der Waals surface area contributed by atoms with Crippen molar-refractivity contribution >= 4 is 21.9 Å². The first-order chi connectivity index (χ1) is 6.68. The molecule has 14 heavy (non-hydrogen) atoms. The number of halogens is 1. The van der Waals surface area contributed by atoms with Crippen LogP contribution >= 0.6 is 15.9 Å². The number of nitrogen functional groups attached to an aromatic ring is 1. The SMILES string of the molecule is Cc1ccc(Br)c(-n2ccnc2N)c1. The van der Waals surface area contributed by atoms with E-state index in [-0.39, 0.29) is 0 Å². The maximum Gasteiger partial charge on any atom is 0.204 e. The van der Waals surface area contributed by atoms with Crippen LogP contribution in [0.5, 0.6) is 0 Å². The van der Waals surface area contributed by atoms with Crippen molar-refractivity contribution in [3.05, 3.63) is 40.6 Å². The van der Waals surface area contributed by atoms with Gasteiger partial charge in [0.1, 0.15) is 0 Å². The fourth-order valence-corrected chi connectivity index (χ4v) is 1.76. The molecule has 0 aliphatic carbocycles. The third-order valence-corrected chi connectivity index (χ3v) is 2.70. The van der Waals surface area contributed by atoms with Crippen LogP contribution in [0.1, 0.15) is 5.56 Å². The van der Waals surface area contributed by atoms with Gasteiger partial charge in [-0.05, 0) is 40.5 Å². The molecule has 72 valence electrons. The predicted molar refractivity (Wildman–Crippen MR) is 60.4 cm³/mol. The molecule has 0 aliphatic heterocycles. The molecule has 0 radical (unpaired) electrons. The van der Waals surface area contributed by atoms with E-state index < -0.39 is 0 Å². The summed E-state index contributed by atoms with van der Waals surface area (Å²) < 4.78 is 2.85. The molecule has 0 aliphatic rings. The molecule has 0 unspecified atom stereocenters. The zero-order chi connectivity index (χ0) is 10.1. The third-order valence-electron chi connectivity index (χ3n) is 2.03. The van der Waals surface area contributed by atoms with Crippen LogP contribution in [0.2, 0.25) is 0 Å². The van der Waals surface area contributed by atoms with Crippen LogP contribution in [-0.4, -0.2) is 9.55 Å². The predicted octanol–water partition coefficient (Wildman–Crippen LogP) is 2.53. The monoisotopic (exact) mass is 251 g/mol. The molecule has 2 N–H and O–H groups in total. The van der Waals surface area contributed by atoms with Crippen molar-refractivity contribution in [1.29, 1.82) is 0 Å². The first-order valence-electron chi connectivity index (χ1n) is 4.24. The summed E-state index contributed by atoms with van der Waals surface area (Å²) in [5.41, 5.74) is 7.93. The van der Waals surface area contributed by atoms with Crippen molar-refractivity contribution in [1.82, 2.24) is 9.55 Å². The van der Waals surface area contributed by atoms with Gasteiger partial charge in [-0.25, -0.2) is 4.98 Å². The Labute approximate surface area is 90.7 Å². The van der Waals surface area contributed by atoms with E-state index in [0.717, 1.165) is 10.2 Å². The highest BCUT2D eigenvalue weighted by atomic mass is 79.9. The summed E-state index contributed by atoms with van der Waals surface area (Å²) in [6.45, 7) is 2.04. The lowest BCUT2D eigenvalue weighted by Gasteiger charge is -2.07. The molecule has 2 rings (SSSR count). The largest absolute Gasteiger partial charge is 0.369 e. The standard InChI is InChI=1S/C10H10BrN3/c1-7-2-3-8(11)9(6-7)14-5-4-13-10(14)12/h2-6H,1H3,(H2,12,13). The average Bonchev–Trinajstić information content (AvgIpc) is 2.56. The summed E-state index contributed by atoms with van der Waals surface area (Å²) in [4.78, 5) is 3.98. The fraction of sp³-hybridized carbons (Fsp3) is 0.100. The summed E-state index contributed by atoms with van der Waals surface area (Å²) in [5.74, 6) is 0.497. The Bertz CT molecular complexity index is 462. The van der Waals surface area contributed by atoms with Gasteiger partial charge >= 0.3 is 0 Å². The van der Waals surface area contributed by atoms with E-state index in [9.17, 15) is 0 Å². The third kappa shape index (κ3) is 1.53. The Morgan fingerprint density at radius 1 is 1.43 bits per heavy atom. The van der Waals surface area contributed by atoms with Crippen molar-refractivity contribution in [2.75, 3.05) is 5.73 Å². The number of aromatic nitrogens is 2. The van der Waals surface area contributed by atoms with Gasteiger partial charge in [0.05, 0.1) is 5.69 Å². The molecule has 0 fully saturated rings. The summed E-state index contributed by atoms with van der Waals surface area (Å²) in [7, 11) is 0. The number of nitrogens with two attached hydrogens (primary N) is 1. The van der Waals surface area contributed by atoms with E-state index in [1.165, 1.54) is 5.56 Å². The molecule has 4 heteroatoms. The Balaban J connectivity index is 2.62. The average molecular weight is 252 g/mol. The second-order valence-corrected chi connectivity index (χ2v) is 3.96. The molecule has 1 heterocycles. The van der Waals surface area contributed by atoms with Gasteiger partial charge in [-0.3, -0.25) is 4.57 Å². The number of anilines is 1. The second-order valence-electron chi connectivity index (χ2n) is 3.11. The Kier molecular flexibility index (Phi) is 2.29. The normalized spacial score (nSPS) is 10.4. The van der Waals surface area contributed by atoms with E-state index in [1.54, 1.807) is 6.20 Å². The topological polar surface area (TPSA) is 43.8 Å². The highest BCUT2D eigenvalue weighted by Gasteiger charge is 2.05. The zero-order valence-electron chi connectivity index (χ0n) is 7.74. The van der Waals surface area contributed by atoms with Gasteiger partial charge in [0.25, 0.3) is 0 Å². The number of hydrogen-bond acceptors (Lipinski definition) is 2. The van der Waals surface area contributed by atoms with Gasteiger partial charge in [0.15, 0.2) is 0 Å². The Morgan fingerprint density at radius 3 is 2.86 bits per heavy atom. The van der Waals surface area contributed by atoms with Gasteiger partial charge in [-0.1, -0.05) is 6.07 Å².